The second-order valence-corrected chi connectivity index (χ2v) is 7.43. The second-order valence-electron chi connectivity index (χ2n) is 5.67. The number of carbonyl (C=O) groups is 1. The zero-order valence-corrected chi connectivity index (χ0v) is 14.4. The van der Waals surface area contributed by atoms with Crippen LogP contribution >= 0.6 is 0 Å². The van der Waals surface area contributed by atoms with Crippen LogP contribution in [-0.4, -0.2) is 27.4 Å². The van der Waals surface area contributed by atoms with E-state index in [9.17, 15) is 13.2 Å². The van der Waals surface area contributed by atoms with Gasteiger partial charge in [0.1, 0.15) is 0 Å². The fourth-order valence-corrected chi connectivity index (χ4v) is 3.51. The molecule has 0 aromatic heterocycles. The molecule has 0 bridgehead atoms. The Balaban J connectivity index is 1.89. The van der Waals surface area contributed by atoms with Crippen molar-refractivity contribution in [2.75, 3.05) is 13.1 Å². The van der Waals surface area contributed by atoms with Crippen LogP contribution in [0.3, 0.4) is 0 Å². The predicted octanol–water partition coefficient (Wildman–Crippen LogP) is 2.22. The number of hydrogen-bond donors (Lipinski definition) is 2. The maximum absolute atomic E-state index is 12.1. The van der Waals surface area contributed by atoms with Crippen molar-refractivity contribution < 1.29 is 13.2 Å². The van der Waals surface area contributed by atoms with Gasteiger partial charge in [-0.25, -0.2) is 8.42 Å². The maximum Gasteiger partial charge on any atom is 0.251 e. The highest BCUT2D eigenvalue weighted by atomic mass is 32.2. The Kier molecular flexibility index (Phi) is 6.59. The number of benzene rings is 1. The molecule has 0 saturated heterocycles. The van der Waals surface area contributed by atoms with Crippen molar-refractivity contribution >= 4 is 15.9 Å². The molecule has 5 nitrogen and oxygen atoms in total. The molecule has 0 fully saturated rings. The van der Waals surface area contributed by atoms with Crippen molar-refractivity contribution in [2.24, 2.45) is 0 Å². The molecule has 2 rings (SSSR count). The van der Waals surface area contributed by atoms with Crippen molar-refractivity contribution in [3.63, 3.8) is 0 Å². The van der Waals surface area contributed by atoms with E-state index in [-0.39, 0.29) is 17.3 Å². The first-order valence-corrected chi connectivity index (χ1v) is 9.50. The standard InChI is InChI=1S/C18H22N2O3S/c1-2-13-20-24(22,23)17-10-8-16(9-11-17)18(21)19-14-12-15-6-4-3-5-7-15/h1,6,8-11,20H,3-5,7,12-14H2,(H,19,21). The number of amides is 1. The fraction of sp³-hybridized carbons (Fsp3) is 0.389. The summed E-state index contributed by atoms with van der Waals surface area (Å²) in [5, 5.41) is 2.87. The summed E-state index contributed by atoms with van der Waals surface area (Å²) >= 11 is 0. The molecule has 0 spiro atoms. The molecule has 0 aliphatic heterocycles. The highest BCUT2D eigenvalue weighted by molar-refractivity contribution is 7.89. The Hall–Kier alpha value is -2.10. The van der Waals surface area contributed by atoms with E-state index in [1.807, 2.05) is 0 Å². The monoisotopic (exact) mass is 346 g/mol. The van der Waals surface area contributed by atoms with Crippen LogP contribution in [0.25, 0.3) is 0 Å². The van der Waals surface area contributed by atoms with E-state index < -0.39 is 10.0 Å². The van der Waals surface area contributed by atoms with Gasteiger partial charge in [0, 0.05) is 12.1 Å². The average molecular weight is 346 g/mol. The molecule has 1 aliphatic carbocycles. The van der Waals surface area contributed by atoms with Gasteiger partial charge in [0.2, 0.25) is 10.0 Å². The summed E-state index contributed by atoms with van der Waals surface area (Å²) < 4.78 is 26.1. The first kappa shape index (κ1) is 18.2. The lowest BCUT2D eigenvalue weighted by molar-refractivity contribution is 0.0954. The van der Waals surface area contributed by atoms with Gasteiger partial charge in [-0.15, -0.1) is 6.42 Å². The molecule has 0 unspecified atom stereocenters. The van der Waals surface area contributed by atoms with Gasteiger partial charge in [-0.1, -0.05) is 17.6 Å². The van der Waals surface area contributed by atoms with Gasteiger partial charge in [-0.3, -0.25) is 4.79 Å². The van der Waals surface area contributed by atoms with Gasteiger partial charge in [0.15, 0.2) is 0 Å². The molecule has 1 aliphatic rings. The van der Waals surface area contributed by atoms with Crippen LogP contribution in [0.2, 0.25) is 0 Å². The van der Waals surface area contributed by atoms with Gasteiger partial charge in [0.25, 0.3) is 5.91 Å². The van der Waals surface area contributed by atoms with E-state index in [0.29, 0.717) is 12.1 Å². The number of allylic oxidation sites excluding steroid dienone is 1. The molecule has 1 aromatic carbocycles. The lowest BCUT2D eigenvalue weighted by Crippen LogP contribution is -2.26. The minimum Gasteiger partial charge on any atom is -0.352 e. The Morgan fingerprint density at radius 2 is 1.96 bits per heavy atom. The van der Waals surface area contributed by atoms with Gasteiger partial charge in [0.05, 0.1) is 11.4 Å². The second kappa shape index (κ2) is 8.67. The van der Waals surface area contributed by atoms with Crippen molar-refractivity contribution in [3.8, 4) is 12.3 Å². The SMILES string of the molecule is C#CCNS(=O)(=O)c1ccc(C(=O)NCCC2=CCCCC2)cc1. The largest absolute Gasteiger partial charge is 0.352 e. The topological polar surface area (TPSA) is 75.3 Å². The number of nitrogens with one attached hydrogen (secondary N) is 2. The smallest absolute Gasteiger partial charge is 0.251 e. The third kappa shape index (κ3) is 5.22. The Morgan fingerprint density at radius 3 is 2.58 bits per heavy atom. The van der Waals surface area contributed by atoms with Crippen LogP contribution in [0.15, 0.2) is 40.8 Å². The molecule has 1 aromatic rings. The van der Waals surface area contributed by atoms with Crippen LogP contribution < -0.4 is 10.0 Å². The quantitative estimate of drug-likeness (QED) is 0.587. The average Bonchev–Trinajstić information content (AvgIpc) is 2.61. The molecule has 0 saturated carbocycles. The van der Waals surface area contributed by atoms with Crippen LogP contribution in [0, 0.1) is 12.3 Å². The van der Waals surface area contributed by atoms with Gasteiger partial charge < -0.3 is 5.32 Å². The van der Waals surface area contributed by atoms with Crippen LogP contribution in [0.1, 0.15) is 42.5 Å². The minimum absolute atomic E-state index is 0.0690. The Bertz CT molecular complexity index is 743. The summed E-state index contributed by atoms with van der Waals surface area (Å²) in [4.78, 5) is 12.2. The maximum atomic E-state index is 12.1. The van der Waals surface area contributed by atoms with Crippen LogP contribution in [0.4, 0.5) is 0 Å². The van der Waals surface area contributed by atoms with E-state index in [2.05, 4.69) is 22.0 Å². The number of hydrogen-bond acceptors (Lipinski definition) is 3. The normalized spacial score (nSPS) is 14.5. The molecule has 2 N–H and O–H groups in total. The third-order valence-electron chi connectivity index (χ3n) is 3.91. The number of sulfonamides is 1. The summed E-state index contributed by atoms with van der Waals surface area (Å²) in [5.41, 5.74) is 1.84. The molecular formula is C18H22N2O3S. The summed E-state index contributed by atoms with van der Waals surface area (Å²) in [6.07, 6.45) is 12.9. The summed E-state index contributed by atoms with van der Waals surface area (Å²) in [5.74, 6) is 2.01. The molecule has 0 atom stereocenters. The molecule has 0 radical (unpaired) electrons. The molecule has 0 heterocycles. The highest BCUT2D eigenvalue weighted by Crippen LogP contribution is 2.19. The fourth-order valence-electron chi connectivity index (χ4n) is 2.58. The van der Waals surface area contributed by atoms with Crippen molar-refractivity contribution in [2.45, 2.75) is 37.0 Å². The molecule has 24 heavy (non-hydrogen) atoms. The van der Waals surface area contributed by atoms with E-state index in [1.54, 1.807) is 0 Å². The summed E-state index contributed by atoms with van der Waals surface area (Å²) in [6.45, 7) is 0.523. The number of terminal acetylenes is 1. The zero-order valence-electron chi connectivity index (χ0n) is 13.5. The number of rotatable bonds is 7. The molecular weight excluding hydrogens is 324 g/mol. The first-order valence-electron chi connectivity index (χ1n) is 8.02. The predicted molar refractivity (Wildman–Crippen MR) is 94.0 cm³/mol. The van der Waals surface area contributed by atoms with Crippen molar-refractivity contribution in [1.29, 1.82) is 0 Å². The van der Waals surface area contributed by atoms with Crippen molar-refractivity contribution in [1.82, 2.24) is 10.0 Å². The first-order chi connectivity index (χ1) is 11.5. The van der Waals surface area contributed by atoms with E-state index in [0.717, 1.165) is 19.3 Å². The van der Waals surface area contributed by atoms with E-state index >= 15 is 0 Å². The lowest BCUT2D eigenvalue weighted by Gasteiger charge is -2.13. The van der Waals surface area contributed by atoms with Crippen LogP contribution in [0.5, 0.6) is 0 Å². The van der Waals surface area contributed by atoms with Gasteiger partial charge in [-0.05, 0) is 56.4 Å². The zero-order chi connectivity index (χ0) is 17.4. The van der Waals surface area contributed by atoms with Crippen LogP contribution in [-0.2, 0) is 10.0 Å². The number of carbonyl (C=O) groups excluding carboxylic acids is 1. The Morgan fingerprint density at radius 1 is 1.21 bits per heavy atom. The van der Waals surface area contributed by atoms with Gasteiger partial charge in [-0.2, -0.15) is 4.72 Å². The van der Waals surface area contributed by atoms with Crippen molar-refractivity contribution in [3.05, 3.63) is 41.5 Å². The minimum atomic E-state index is -3.63. The van der Waals surface area contributed by atoms with E-state index in [4.69, 9.17) is 6.42 Å². The molecule has 1 amide bonds. The molecule has 6 heteroatoms. The third-order valence-corrected chi connectivity index (χ3v) is 5.32. The highest BCUT2D eigenvalue weighted by Gasteiger charge is 2.14. The summed E-state index contributed by atoms with van der Waals surface area (Å²) in [6, 6.07) is 5.80. The Labute approximate surface area is 143 Å². The summed E-state index contributed by atoms with van der Waals surface area (Å²) in [7, 11) is -3.63. The lowest BCUT2D eigenvalue weighted by atomic mass is 9.97. The van der Waals surface area contributed by atoms with E-state index in [1.165, 1.54) is 42.7 Å². The van der Waals surface area contributed by atoms with Gasteiger partial charge >= 0.3 is 0 Å². The molecule has 128 valence electrons.